The molecule has 0 aromatic heterocycles. The van der Waals surface area contributed by atoms with Gasteiger partial charge in [0.05, 0.1) is 10.5 Å². The molecule has 0 atom stereocenters. The summed E-state index contributed by atoms with van der Waals surface area (Å²) in [6.45, 7) is 1.33. The Morgan fingerprint density at radius 3 is 2.37 bits per heavy atom. The highest BCUT2D eigenvalue weighted by molar-refractivity contribution is 7.90. The summed E-state index contributed by atoms with van der Waals surface area (Å²) in [6.07, 6.45) is 2.47. The summed E-state index contributed by atoms with van der Waals surface area (Å²) in [7, 11) is -1.61. The standard InChI is InChI=1S/C20H23FO5S/c1-24-20(7-9-25-10-8-20)16-11-17(21)13-18(12-16)26-14-15-3-5-19(6-4-15)27(2,22)23/h3-6,11-13H,7-10,14H2,1-2H3. The molecule has 0 N–H and O–H groups in total. The highest BCUT2D eigenvalue weighted by Crippen LogP contribution is 2.37. The first-order valence-electron chi connectivity index (χ1n) is 8.68. The highest BCUT2D eigenvalue weighted by atomic mass is 32.2. The van der Waals surface area contributed by atoms with Crippen LogP contribution in [0.3, 0.4) is 0 Å². The molecule has 1 saturated heterocycles. The summed E-state index contributed by atoms with van der Waals surface area (Å²) in [6, 6.07) is 11.0. The van der Waals surface area contributed by atoms with Gasteiger partial charge in [0.15, 0.2) is 9.84 Å². The Morgan fingerprint density at radius 1 is 1.11 bits per heavy atom. The van der Waals surface area contributed by atoms with Crippen molar-refractivity contribution in [2.45, 2.75) is 29.9 Å². The number of halogens is 1. The first kappa shape index (κ1) is 19.8. The van der Waals surface area contributed by atoms with E-state index in [1.165, 1.54) is 24.3 Å². The molecular weight excluding hydrogens is 371 g/mol. The molecule has 0 aliphatic carbocycles. The molecule has 0 amide bonds. The van der Waals surface area contributed by atoms with Crippen molar-refractivity contribution in [3.8, 4) is 5.75 Å². The summed E-state index contributed by atoms with van der Waals surface area (Å²) in [5.74, 6) is 0.0120. The van der Waals surface area contributed by atoms with Gasteiger partial charge in [-0.2, -0.15) is 0 Å². The lowest BCUT2D eigenvalue weighted by molar-refractivity contribution is -0.0950. The zero-order valence-corrected chi connectivity index (χ0v) is 16.2. The van der Waals surface area contributed by atoms with E-state index in [9.17, 15) is 12.8 Å². The number of benzene rings is 2. The lowest BCUT2D eigenvalue weighted by atomic mass is 9.86. The molecule has 2 aromatic carbocycles. The minimum absolute atomic E-state index is 0.204. The fourth-order valence-corrected chi connectivity index (χ4v) is 3.85. The maximum Gasteiger partial charge on any atom is 0.175 e. The zero-order valence-electron chi connectivity index (χ0n) is 15.4. The number of rotatable bonds is 6. The van der Waals surface area contributed by atoms with Crippen LogP contribution in [0.5, 0.6) is 5.75 Å². The van der Waals surface area contributed by atoms with E-state index in [0.29, 0.717) is 31.8 Å². The minimum Gasteiger partial charge on any atom is -0.489 e. The molecule has 0 saturated carbocycles. The van der Waals surface area contributed by atoms with Crippen LogP contribution in [0.15, 0.2) is 47.4 Å². The average Bonchev–Trinajstić information content (AvgIpc) is 2.66. The fraction of sp³-hybridized carbons (Fsp3) is 0.400. The van der Waals surface area contributed by atoms with Crippen LogP contribution in [0.1, 0.15) is 24.0 Å². The van der Waals surface area contributed by atoms with E-state index < -0.39 is 21.3 Å². The van der Waals surface area contributed by atoms with E-state index in [-0.39, 0.29) is 11.5 Å². The normalized spacial score (nSPS) is 16.9. The summed E-state index contributed by atoms with van der Waals surface area (Å²) < 4.78 is 54.1. The Kier molecular flexibility index (Phi) is 5.83. The molecule has 0 unspecified atom stereocenters. The van der Waals surface area contributed by atoms with Crippen molar-refractivity contribution in [1.82, 2.24) is 0 Å². The van der Waals surface area contributed by atoms with Crippen molar-refractivity contribution < 1.29 is 27.0 Å². The number of ether oxygens (including phenoxy) is 3. The van der Waals surface area contributed by atoms with Crippen molar-refractivity contribution >= 4 is 9.84 Å². The van der Waals surface area contributed by atoms with Gasteiger partial charge in [-0.25, -0.2) is 12.8 Å². The zero-order chi connectivity index (χ0) is 19.5. The van der Waals surface area contributed by atoms with Crippen molar-refractivity contribution in [2.24, 2.45) is 0 Å². The van der Waals surface area contributed by atoms with Gasteiger partial charge in [0.1, 0.15) is 18.2 Å². The lowest BCUT2D eigenvalue weighted by Gasteiger charge is -2.36. The lowest BCUT2D eigenvalue weighted by Crippen LogP contribution is -2.35. The van der Waals surface area contributed by atoms with Crippen LogP contribution in [-0.2, 0) is 31.5 Å². The summed E-state index contributed by atoms with van der Waals surface area (Å²) in [4.78, 5) is 0.251. The summed E-state index contributed by atoms with van der Waals surface area (Å²) in [5.41, 5.74) is 0.951. The number of hydrogen-bond acceptors (Lipinski definition) is 5. The monoisotopic (exact) mass is 394 g/mol. The third-order valence-corrected chi connectivity index (χ3v) is 5.97. The highest BCUT2D eigenvalue weighted by Gasteiger charge is 2.35. The van der Waals surface area contributed by atoms with Gasteiger partial charge in [-0.05, 0) is 35.4 Å². The van der Waals surface area contributed by atoms with Crippen LogP contribution >= 0.6 is 0 Å². The molecule has 3 rings (SSSR count). The van der Waals surface area contributed by atoms with Crippen molar-refractivity contribution in [3.63, 3.8) is 0 Å². The van der Waals surface area contributed by atoms with E-state index in [1.807, 2.05) is 0 Å². The number of methoxy groups -OCH3 is 1. The first-order chi connectivity index (χ1) is 12.8. The van der Waals surface area contributed by atoms with Crippen LogP contribution in [0.25, 0.3) is 0 Å². The Balaban J connectivity index is 1.77. The van der Waals surface area contributed by atoms with Gasteiger partial charge in [0.2, 0.25) is 0 Å². The van der Waals surface area contributed by atoms with Crippen LogP contribution in [0, 0.1) is 5.82 Å². The molecule has 146 valence electrons. The van der Waals surface area contributed by atoms with E-state index in [4.69, 9.17) is 14.2 Å². The number of sulfone groups is 1. The predicted molar refractivity (Wildman–Crippen MR) is 99.0 cm³/mol. The second-order valence-electron chi connectivity index (χ2n) is 6.69. The molecule has 1 aliphatic rings. The smallest absolute Gasteiger partial charge is 0.175 e. The molecule has 0 spiro atoms. The third kappa shape index (κ3) is 4.66. The predicted octanol–water partition coefficient (Wildman–Crippen LogP) is 3.46. The Bertz CT molecular complexity index is 887. The fourth-order valence-electron chi connectivity index (χ4n) is 3.22. The van der Waals surface area contributed by atoms with Crippen LogP contribution < -0.4 is 4.74 Å². The molecular formula is C20H23FO5S. The minimum atomic E-state index is -3.23. The maximum absolute atomic E-state index is 14.2. The van der Waals surface area contributed by atoms with E-state index in [2.05, 4.69) is 0 Å². The number of hydrogen-bond donors (Lipinski definition) is 0. The van der Waals surface area contributed by atoms with Gasteiger partial charge in [-0.3, -0.25) is 0 Å². The largest absolute Gasteiger partial charge is 0.489 e. The topological polar surface area (TPSA) is 61.8 Å². The van der Waals surface area contributed by atoms with Crippen LogP contribution in [0.4, 0.5) is 4.39 Å². The molecule has 5 nitrogen and oxygen atoms in total. The second kappa shape index (κ2) is 7.96. The molecule has 2 aromatic rings. The summed E-state index contributed by atoms with van der Waals surface area (Å²) >= 11 is 0. The van der Waals surface area contributed by atoms with Crippen molar-refractivity contribution in [1.29, 1.82) is 0 Å². The molecule has 1 aliphatic heterocycles. The molecule has 7 heteroatoms. The van der Waals surface area contributed by atoms with Crippen LogP contribution in [0.2, 0.25) is 0 Å². The van der Waals surface area contributed by atoms with Crippen molar-refractivity contribution in [2.75, 3.05) is 26.6 Å². The molecule has 27 heavy (non-hydrogen) atoms. The quantitative estimate of drug-likeness (QED) is 0.751. The molecule has 1 fully saturated rings. The maximum atomic E-state index is 14.2. The van der Waals surface area contributed by atoms with Gasteiger partial charge in [0, 0.05) is 45.5 Å². The Hall–Kier alpha value is -1.96. The SMILES string of the molecule is COC1(c2cc(F)cc(OCc3ccc(S(C)(=O)=O)cc3)c2)CCOCC1. The van der Waals surface area contributed by atoms with E-state index in [1.54, 1.807) is 25.3 Å². The molecule has 0 radical (unpaired) electrons. The average molecular weight is 394 g/mol. The second-order valence-corrected chi connectivity index (χ2v) is 8.71. The first-order valence-corrected chi connectivity index (χ1v) is 10.6. The Morgan fingerprint density at radius 2 is 1.78 bits per heavy atom. The van der Waals surface area contributed by atoms with Gasteiger partial charge in [-0.15, -0.1) is 0 Å². The molecule has 0 bridgehead atoms. The van der Waals surface area contributed by atoms with Crippen molar-refractivity contribution in [3.05, 3.63) is 59.4 Å². The van der Waals surface area contributed by atoms with Gasteiger partial charge in [-0.1, -0.05) is 12.1 Å². The van der Waals surface area contributed by atoms with E-state index >= 15 is 0 Å². The van der Waals surface area contributed by atoms with Gasteiger partial charge >= 0.3 is 0 Å². The Labute approximate surface area is 159 Å². The van der Waals surface area contributed by atoms with Crippen LogP contribution in [-0.4, -0.2) is 35.0 Å². The van der Waals surface area contributed by atoms with Gasteiger partial charge in [0.25, 0.3) is 0 Å². The van der Waals surface area contributed by atoms with E-state index in [0.717, 1.165) is 17.4 Å². The third-order valence-electron chi connectivity index (χ3n) is 4.85. The molecule has 1 heterocycles. The summed E-state index contributed by atoms with van der Waals surface area (Å²) in [5, 5.41) is 0. The van der Waals surface area contributed by atoms with Gasteiger partial charge < -0.3 is 14.2 Å².